The quantitative estimate of drug-likeness (QED) is 0.778. The predicted molar refractivity (Wildman–Crippen MR) is 63.7 cm³/mol. The highest BCUT2D eigenvalue weighted by Gasteiger charge is 2.19. The summed E-state index contributed by atoms with van der Waals surface area (Å²) in [5.41, 5.74) is 1.10. The Bertz CT molecular complexity index is 337. The molecule has 0 spiro atoms. The summed E-state index contributed by atoms with van der Waals surface area (Å²) in [6, 6.07) is 2.63. The number of rotatable bonds is 3. The van der Waals surface area contributed by atoms with E-state index in [1.165, 1.54) is 0 Å². The van der Waals surface area contributed by atoms with Crippen LogP contribution in [0.1, 0.15) is 25.5 Å². The van der Waals surface area contributed by atoms with Gasteiger partial charge < -0.3 is 9.64 Å². The summed E-state index contributed by atoms with van der Waals surface area (Å²) in [6.45, 7) is 3.84. The Morgan fingerprint density at radius 2 is 2.12 bits per heavy atom. The second kappa shape index (κ2) is 5.25. The van der Waals surface area contributed by atoms with E-state index in [4.69, 9.17) is 4.74 Å². The molecule has 0 radical (unpaired) electrons. The van der Waals surface area contributed by atoms with E-state index in [1.807, 2.05) is 0 Å². The van der Waals surface area contributed by atoms with E-state index in [-0.39, 0.29) is 0 Å². The molecule has 1 saturated heterocycles. The maximum atomic E-state index is 5.37. The molecule has 0 amide bonds. The van der Waals surface area contributed by atoms with E-state index in [0.29, 0.717) is 6.04 Å². The summed E-state index contributed by atoms with van der Waals surface area (Å²) in [6.07, 6.45) is 4.78. The lowest BCUT2D eigenvalue weighted by Crippen LogP contribution is -2.37. The van der Waals surface area contributed by atoms with E-state index in [9.17, 15) is 0 Å². The Hall–Kier alpha value is -1.16. The average Bonchev–Trinajstić information content (AvgIpc) is 2.39. The molecule has 1 aromatic heterocycles. The predicted octanol–water partition coefficient (Wildman–Crippen LogP) is 1.65. The first-order valence-corrected chi connectivity index (χ1v) is 5.92. The fourth-order valence-corrected chi connectivity index (χ4v) is 2.03. The van der Waals surface area contributed by atoms with Gasteiger partial charge in [-0.1, -0.05) is 6.92 Å². The molecule has 4 heteroatoms. The van der Waals surface area contributed by atoms with Crippen LogP contribution in [0.3, 0.4) is 0 Å². The van der Waals surface area contributed by atoms with Crippen molar-refractivity contribution in [2.45, 2.75) is 32.2 Å². The lowest BCUT2D eigenvalue weighted by molar-refractivity contribution is 0.0853. The fourth-order valence-electron chi connectivity index (χ4n) is 2.03. The van der Waals surface area contributed by atoms with Gasteiger partial charge in [-0.05, 0) is 19.3 Å². The summed E-state index contributed by atoms with van der Waals surface area (Å²) in [7, 11) is 2.11. The SMILES string of the molecule is CCc1cc(N(C)C2CCOCC2)ncn1. The third kappa shape index (κ3) is 2.50. The molecule has 1 fully saturated rings. The van der Waals surface area contributed by atoms with Crippen LogP contribution in [0.2, 0.25) is 0 Å². The molecule has 0 saturated carbocycles. The van der Waals surface area contributed by atoms with Crippen LogP contribution in [-0.2, 0) is 11.2 Å². The Balaban J connectivity index is 2.09. The van der Waals surface area contributed by atoms with Gasteiger partial charge in [-0.2, -0.15) is 0 Å². The maximum Gasteiger partial charge on any atom is 0.132 e. The molecule has 88 valence electrons. The molecule has 2 heterocycles. The standard InChI is InChI=1S/C12H19N3O/c1-3-10-8-12(14-9-13-10)15(2)11-4-6-16-7-5-11/h8-9,11H,3-7H2,1-2H3. The summed E-state index contributed by atoms with van der Waals surface area (Å²) >= 11 is 0. The first kappa shape index (κ1) is 11.3. The Kier molecular flexibility index (Phi) is 3.72. The molecule has 1 aromatic rings. The zero-order chi connectivity index (χ0) is 11.4. The first-order valence-electron chi connectivity index (χ1n) is 5.92. The van der Waals surface area contributed by atoms with Crippen molar-refractivity contribution in [3.8, 4) is 0 Å². The van der Waals surface area contributed by atoms with Gasteiger partial charge in [-0.25, -0.2) is 9.97 Å². The van der Waals surface area contributed by atoms with Crippen molar-refractivity contribution in [1.82, 2.24) is 9.97 Å². The van der Waals surface area contributed by atoms with E-state index in [1.54, 1.807) is 6.33 Å². The van der Waals surface area contributed by atoms with Crippen molar-refractivity contribution in [2.75, 3.05) is 25.2 Å². The molecule has 0 atom stereocenters. The van der Waals surface area contributed by atoms with Crippen LogP contribution < -0.4 is 4.90 Å². The van der Waals surface area contributed by atoms with Crippen LogP contribution >= 0.6 is 0 Å². The number of hydrogen-bond donors (Lipinski definition) is 0. The second-order valence-corrected chi connectivity index (χ2v) is 4.18. The molecule has 1 aliphatic rings. The highest BCUT2D eigenvalue weighted by molar-refractivity contribution is 5.39. The summed E-state index contributed by atoms with van der Waals surface area (Å²) in [4.78, 5) is 10.8. The van der Waals surface area contributed by atoms with E-state index in [0.717, 1.165) is 44.0 Å². The molecular formula is C12H19N3O. The van der Waals surface area contributed by atoms with Gasteiger partial charge in [0, 0.05) is 38.1 Å². The number of hydrogen-bond acceptors (Lipinski definition) is 4. The van der Waals surface area contributed by atoms with Gasteiger partial charge in [0.2, 0.25) is 0 Å². The molecule has 0 N–H and O–H groups in total. The van der Waals surface area contributed by atoms with Gasteiger partial charge in [0.05, 0.1) is 0 Å². The zero-order valence-electron chi connectivity index (χ0n) is 10.0. The normalized spacial score (nSPS) is 17.4. The molecule has 2 rings (SSSR count). The van der Waals surface area contributed by atoms with Crippen molar-refractivity contribution in [3.63, 3.8) is 0 Å². The van der Waals surface area contributed by atoms with Crippen LogP contribution in [0.15, 0.2) is 12.4 Å². The van der Waals surface area contributed by atoms with Crippen LogP contribution in [0.4, 0.5) is 5.82 Å². The third-order valence-electron chi connectivity index (χ3n) is 3.17. The van der Waals surface area contributed by atoms with Gasteiger partial charge in [0.25, 0.3) is 0 Å². The minimum absolute atomic E-state index is 0.549. The second-order valence-electron chi connectivity index (χ2n) is 4.18. The molecule has 4 nitrogen and oxygen atoms in total. The summed E-state index contributed by atoms with van der Waals surface area (Å²) in [5.74, 6) is 1.03. The molecular weight excluding hydrogens is 202 g/mol. The minimum atomic E-state index is 0.549. The van der Waals surface area contributed by atoms with Crippen LogP contribution in [0, 0.1) is 0 Å². The van der Waals surface area contributed by atoms with E-state index in [2.05, 4.69) is 34.9 Å². The molecule has 0 bridgehead atoms. The highest BCUT2D eigenvalue weighted by Crippen LogP contribution is 2.19. The monoisotopic (exact) mass is 221 g/mol. The summed E-state index contributed by atoms with van der Waals surface area (Å²) < 4.78 is 5.37. The first-order chi connectivity index (χ1) is 7.81. The van der Waals surface area contributed by atoms with Crippen molar-refractivity contribution in [1.29, 1.82) is 0 Å². The highest BCUT2D eigenvalue weighted by atomic mass is 16.5. The van der Waals surface area contributed by atoms with Crippen LogP contribution in [-0.4, -0.2) is 36.3 Å². The topological polar surface area (TPSA) is 38.2 Å². The number of nitrogens with zero attached hydrogens (tertiary/aromatic N) is 3. The maximum absolute atomic E-state index is 5.37. The number of aromatic nitrogens is 2. The van der Waals surface area contributed by atoms with Crippen molar-refractivity contribution < 1.29 is 4.74 Å². The molecule has 1 aliphatic heterocycles. The van der Waals surface area contributed by atoms with Gasteiger partial charge >= 0.3 is 0 Å². The molecule has 0 aliphatic carbocycles. The molecule has 16 heavy (non-hydrogen) atoms. The van der Waals surface area contributed by atoms with Crippen molar-refractivity contribution in [2.24, 2.45) is 0 Å². The number of ether oxygens (including phenoxy) is 1. The minimum Gasteiger partial charge on any atom is -0.381 e. The molecule has 0 unspecified atom stereocenters. The average molecular weight is 221 g/mol. The Morgan fingerprint density at radius 3 is 2.81 bits per heavy atom. The van der Waals surface area contributed by atoms with Gasteiger partial charge in [0.15, 0.2) is 0 Å². The summed E-state index contributed by atoms with van der Waals surface area (Å²) in [5, 5.41) is 0. The van der Waals surface area contributed by atoms with Gasteiger partial charge in [-0.3, -0.25) is 0 Å². The van der Waals surface area contributed by atoms with E-state index >= 15 is 0 Å². The number of anilines is 1. The van der Waals surface area contributed by atoms with Gasteiger partial charge in [0.1, 0.15) is 12.1 Å². The lowest BCUT2D eigenvalue weighted by atomic mass is 10.1. The van der Waals surface area contributed by atoms with Gasteiger partial charge in [-0.15, -0.1) is 0 Å². The third-order valence-corrected chi connectivity index (χ3v) is 3.17. The Morgan fingerprint density at radius 1 is 1.38 bits per heavy atom. The Labute approximate surface area is 96.7 Å². The van der Waals surface area contributed by atoms with Crippen LogP contribution in [0.5, 0.6) is 0 Å². The van der Waals surface area contributed by atoms with Crippen molar-refractivity contribution in [3.05, 3.63) is 18.1 Å². The van der Waals surface area contributed by atoms with E-state index < -0.39 is 0 Å². The largest absolute Gasteiger partial charge is 0.381 e. The fraction of sp³-hybridized carbons (Fsp3) is 0.667. The zero-order valence-corrected chi connectivity index (χ0v) is 10.0. The van der Waals surface area contributed by atoms with Crippen LogP contribution in [0.25, 0.3) is 0 Å². The molecule has 0 aromatic carbocycles. The smallest absolute Gasteiger partial charge is 0.132 e. The van der Waals surface area contributed by atoms with Crippen molar-refractivity contribution >= 4 is 5.82 Å². The number of aryl methyl sites for hydroxylation is 1. The lowest BCUT2D eigenvalue weighted by Gasteiger charge is -2.32.